The fourth-order valence-electron chi connectivity index (χ4n) is 2.74. The molecule has 0 fully saturated rings. The summed E-state index contributed by atoms with van der Waals surface area (Å²) in [6.45, 7) is 10.1. The Morgan fingerprint density at radius 1 is 0.800 bits per heavy atom. The molecule has 0 atom stereocenters. The van der Waals surface area contributed by atoms with Crippen molar-refractivity contribution in [3.05, 3.63) is 59.7 Å². The molecule has 0 heterocycles. The summed E-state index contributed by atoms with van der Waals surface area (Å²) in [7, 11) is -2.88. The lowest BCUT2D eigenvalue weighted by atomic mass is 10.2. The second-order valence-electron chi connectivity index (χ2n) is 5.61. The van der Waals surface area contributed by atoms with Gasteiger partial charge in [-0.05, 0) is 51.0 Å². The van der Waals surface area contributed by atoms with Crippen LogP contribution in [0.3, 0.4) is 0 Å². The normalized spacial score (nSPS) is 11.5. The Hall–Kier alpha value is -1.66. The predicted molar refractivity (Wildman–Crippen MR) is 102 cm³/mol. The third kappa shape index (κ3) is 5.15. The molecule has 0 saturated carbocycles. The Bertz CT molecular complexity index is 628. The van der Waals surface area contributed by atoms with Crippen LogP contribution in [-0.2, 0) is 19.9 Å². The Morgan fingerprint density at radius 2 is 1.40 bits per heavy atom. The Labute approximate surface area is 152 Å². The molecule has 2 aromatic carbocycles. The van der Waals surface area contributed by atoms with Crippen molar-refractivity contribution in [1.29, 1.82) is 0 Å². The van der Waals surface area contributed by atoms with Crippen molar-refractivity contribution >= 4 is 14.0 Å². The first-order chi connectivity index (χ1) is 12.1. The lowest BCUT2D eigenvalue weighted by Gasteiger charge is -2.30. The fraction of sp³-hybridized carbons (Fsp3) is 0.400. The molecule has 0 spiro atoms. The minimum Gasteiger partial charge on any atom is -0.489 e. The topological polar surface area (TPSA) is 36.9 Å². The lowest BCUT2D eigenvalue weighted by Crippen LogP contribution is -2.57. The standard InChI is InChI=1S/C20H28O4Si/c1-5-22-25(23-6-2,24-7-3)20-14-13-19(15-17(20)4)21-16-18-11-9-8-10-12-18/h8-15H,5-7,16H2,1-4H3. The lowest BCUT2D eigenvalue weighted by molar-refractivity contribution is 0.0858. The minimum absolute atomic E-state index is 0.546. The van der Waals surface area contributed by atoms with Gasteiger partial charge in [-0.2, -0.15) is 0 Å². The largest absolute Gasteiger partial charge is 0.537 e. The van der Waals surface area contributed by atoms with Crippen molar-refractivity contribution in [2.75, 3.05) is 19.8 Å². The molecule has 0 bridgehead atoms. The summed E-state index contributed by atoms with van der Waals surface area (Å²) in [5, 5.41) is 1.00. The van der Waals surface area contributed by atoms with Crippen LogP contribution >= 0.6 is 0 Å². The monoisotopic (exact) mass is 360 g/mol. The van der Waals surface area contributed by atoms with Crippen molar-refractivity contribution in [2.45, 2.75) is 34.3 Å². The number of aryl methyl sites for hydroxylation is 1. The van der Waals surface area contributed by atoms with E-state index >= 15 is 0 Å². The maximum Gasteiger partial charge on any atom is 0.537 e. The van der Waals surface area contributed by atoms with Gasteiger partial charge >= 0.3 is 8.80 Å². The van der Waals surface area contributed by atoms with Crippen molar-refractivity contribution < 1.29 is 18.0 Å². The molecule has 4 nitrogen and oxygen atoms in total. The molecule has 0 amide bonds. The van der Waals surface area contributed by atoms with Gasteiger partial charge in [-0.15, -0.1) is 0 Å². The third-order valence-corrected chi connectivity index (χ3v) is 7.01. The molecular weight excluding hydrogens is 332 g/mol. The zero-order valence-electron chi connectivity index (χ0n) is 15.6. The van der Waals surface area contributed by atoms with Gasteiger partial charge in [-0.3, -0.25) is 0 Å². The number of ether oxygens (including phenoxy) is 1. The van der Waals surface area contributed by atoms with Gasteiger partial charge in [0.25, 0.3) is 0 Å². The van der Waals surface area contributed by atoms with E-state index < -0.39 is 8.80 Å². The molecule has 5 heteroatoms. The number of rotatable bonds is 10. The molecule has 25 heavy (non-hydrogen) atoms. The van der Waals surface area contributed by atoms with E-state index in [1.54, 1.807) is 0 Å². The highest BCUT2D eigenvalue weighted by atomic mass is 28.4. The highest BCUT2D eigenvalue weighted by molar-refractivity contribution is 6.75. The van der Waals surface area contributed by atoms with Crippen LogP contribution in [0, 0.1) is 6.92 Å². The second-order valence-corrected chi connectivity index (χ2v) is 8.12. The van der Waals surface area contributed by atoms with Gasteiger partial charge in [0.2, 0.25) is 0 Å². The number of hydrogen-bond donors (Lipinski definition) is 0. The SMILES string of the molecule is CCO[Si](OCC)(OCC)c1ccc(OCc2ccccc2)cc1C. The van der Waals surface area contributed by atoms with E-state index in [9.17, 15) is 0 Å². The first kappa shape index (κ1) is 19.7. The van der Waals surface area contributed by atoms with Gasteiger partial charge in [-0.25, -0.2) is 0 Å². The highest BCUT2D eigenvalue weighted by Crippen LogP contribution is 2.19. The molecule has 0 aromatic heterocycles. The summed E-state index contributed by atoms with van der Waals surface area (Å²) in [6, 6.07) is 16.1. The van der Waals surface area contributed by atoms with Crippen molar-refractivity contribution in [1.82, 2.24) is 0 Å². The maximum absolute atomic E-state index is 6.00. The van der Waals surface area contributed by atoms with Crippen LogP contribution in [0.1, 0.15) is 31.9 Å². The Morgan fingerprint density at radius 3 is 1.92 bits per heavy atom. The van der Waals surface area contributed by atoms with Gasteiger partial charge in [0.05, 0.1) is 0 Å². The fourth-order valence-corrected chi connectivity index (χ4v) is 5.44. The smallest absolute Gasteiger partial charge is 0.489 e. The first-order valence-corrected chi connectivity index (χ1v) is 10.6. The van der Waals surface area contributed by atoms with E-state index in [0.29, 0.717) is 26.4 Å². The zero-order valence-corrected chi connectivity index (χ0v) is 16.6. The molecule has 2 rings (SSSR count). The van der Waals surface area contributed by atoms with Crippen LogP contribution in [0.25, 0.3) is 0 Å². The molecule has 0 N–H and O–H groups in total. The molecule has 2 aromatic rings. The molecule has 136 valence electrons. The average molecular weight is 361 g/mol. The summed E-state index contributed by atoms with van der Waals surface area (Å²) in [5.41, 5.74) is 2.21. The molecule has 0 radical (unpaired) electrons. The van der Waals surface area contributed by atoms with Crippen LogP contribution in [0.2, 0.25) is 0 Å². The van der Waals surface area contributed by atoms with Gasteiger partial charge < -0.3 is 18.0 Å². The summed E-state index contributed by atoms with van der Waals surface area (Å²) in [5.74, 6) is 0.831. The van der Waals surface area contributed by atoms with Crippen LogP contribution < -0.4 is 9.92 Å². The zero-order chi connectivity index (χ0) is 18.1. The Balaban J connectivity index is 2.20. The third-order valence-electron chi connectivity index (χ3n) is 3.78. The summed E-state index contributed by atoms with van der Waals surface area (Å²) in [6.07, 6.45) is 0. The summed E-state index contributed by atoms with van der Waals surface area (Å²) < 4.78 is 23.9. The second kappa shape index (κ2) is 9.72. The molecule has 0 aliphatic carbocycles. The van der Waals surface area contributed by atoms with E-state index in [2.05, 4.69) is 12.1 Å². The minimum atomic E-state index is -2.88. The quantitative estimate of drug-likeness (QED) is 0.604. The molecule has 0 aliphatic rings. The molecule has 0 saturated heterocycles. The van der Waals surface area contributed by atoms with Crippen LogP contribution in [0.4, 0.5) is 0 Å². The highest BCUT2D eigenvalue weighted by Gasteiger charge is 2.44. The van der Waals surface area contributed by atoms with E-state index in [1.165, 1.54) is 0 Å². The van der Waals surface area contributed by atoms with Crippen LogP contribution in [0.5, 0.6) is 5.75 Å². The van der Waals surface area contributed by atoms with Crippen molar-refractivity contribution in [3.63, 3.8) is 0 Å². The van der Waals surface area contributed by atoms with E-state index in [0.717, 1.165) is 22.1 Å². The summed E-state index contributed by atoms with van der Waals surface area (Å²) in [4.78, 5) is 0. The molecular formula is C20H28O4Si. The van der Waals surface area contributed by atoms with Gasteiger partial charge in [0.1, 0.15) is 12.4 Å². The molecule has 0 aliphatic heterocycles. The number of benzene rings is 2. The molecule has 0 unspecified atom stereocenters. The van der Waals surface area contributed by atoms with Crippen LogP contribution in [0.15, 0.2) is 48.5 Å². The number of hydrogen-bond acceptors (Lipinski definition) is 4. The first-order valence-electron chi connectivity index (χ1n) is 8.84. The van der Waals surface area contributed by atoms with E-state index in [-0.39, 0.29) is 0 Å². The van der Waals surface area contributed by atoms with E-state index in [4.69, 9.17) is 18.0 Å². The van der Waals surface area contributed by atoms with Gasteiger partial charge in [0, 0.05) is 25.0 Å². The van der Waals surface area contributed by atoms with Crippen molar-refractivity contribution in [2.24, 2.45) is 0 Å². The van der Waals surface area contributed by atoms with E-state index in [1.807, 2.05) is 64.1 Å². The maximum atomic E-state index is 6.00. The summed E-state index contributed by atoms with van der Waals surface area (Å²) >= 11 is 0. The van der Waals surface area contributed by atoms with Gasteiger partial charge in [-0.1, -0.05) is 36.4 Å². The van der Waals surface area contributed by atoms with Crippen molar-refractivity contribution in [3.8, 4) is 5.75 Å². The Kier molecular flexibility index (Phi) is 7.65. The predicted octanol–water partition coefficient (Wildman–Crippen LogP) is 3.83. The average Bonchev–Trinajstić information content (AvgIpc) is 2.61. The van der Waals surface area contributed by atoms with Crippen LogP contribution in [-0.4, -0.2) is 28.6 Å². The van der Waals surface area contributed by atoms with Gasteiger partial charge in [0.15, 0.2) is 0 Å².